The molecule has 0 aromatic heterocycles. The van der Waals surface area contributed by atoms with Gasteiger partial charge in [-0.2, -0.15) is 0 Å². The Bertz CT molecular complexity index is 22.4. The summed E-state index contributed by atoms with van der Waals surface area (Å²) >= 11 is 1.39. The van der Waals surface area contributed by atoms with Crippen LogP contribution >= 0.6 is 0 Å². The molecule has 32 valence electrons. The van der Waals surface area contributed by atoms with Crippen molar-refractivity contribution in [2.24, 2.45) is 0 Å². The van der Waals surface area contributed by atoms with Crippen LogP contribution in [-0.2, 0) is 0 Å². The van der Waals surface area contributed by atoms with E-state index in [-0.39, 0.29) is 0 Å². The van der Waals surface area contributed by atoms with Gasteiger partial charge in [0.1, 0.15) is 0 Å². The first-order valence-corrected chi connectivity index (χ1v) is 5.50. The van der Waals surface area contributed by atoms with Gasteiger partial charge in [0.05, 0.1) is 0 Å². The Balaban J connectivity index is 3.02. The second kappa shape index (κ2) is 1.38. The molecule has 0 radical (unpaired) electrons. The molecule has 0 aliphatic rings. The fourth-order valence-corrected chi connectivity index (χ4v) is 0. The summed E-state index contributed by atoms with van der Waals surface area (Å²) < 4.78 is 0. The molecule has 0 aromatic rings. The summed E-state index contributed by atoms with van der Waals surface area (Å²) in [5, 5.41) is 0. The number of rotatable bonds is 0. The zero-order chi connectivity index (χ0) is 4.50. The second-order valence-electron chi connectivity index (χ2n) is 0.600. The van der Waals surface area contributed by atoms with Crippen LogP contribution in [0, 0.1) is 0 Å². The molecule has 0 aromatic carbocycles. The van der Waals surface area contributed by atoms with E-state index in [1.807, 2.05) is 0 Å². The summed E-state index contributed by atoms with van der Waals surface area (Å²) in [4.78, 5) is 23.2. The maximum atomic E-state index is 7.74. The predicted octanol–water partition coefficient (Wildman–Crippen LogP) is -2.70. The molecule has 3 nitrogen and oxygen atoms in total. The molecule has 5 heteroatoms. The third kappa shape index (κ3) is 83.2. The van der Waals surface area contributed by atoms with Gasteiger partial charge in [0.25, 0.3) is 0 Å². The van der Waals surface area contributed by atoms with Crippen LogP contribution in [0.1, 0.15) is 0 Å². The minimum absolute atomic E-state index is 1.39. The molecule has 0 bridgehead atoms. The van der Waals surface area contributed by atoms with Crippen LogP contribution in [0.2, 0.25) is 0 Å². The quantitative estimate of drug-likeness (QED) is 0.337. The Morgan fingerprint density at radius 3 is 1.20 bits per heavy atom. The van der Waals surface area contributed by atoms with Crippen molar-refractivity contribution < 1.29 is 14.4 Å². The first kappa shape index (κ1) is 5.62. The monoisotopic (exact) mass is 160 g/mol. The van der Waals surface area contributed by atoms with Gasteiger partial charge in [0.2, 0.25) is 0 Å². The first-order chi connectivity index (χ1) is 2.00. The number of hydrogen-bond donors (Lipinski definition) is 3. The Morgan fingerprint density at radius 1 is 1.20 bits per heavy atom. The van der Waals surface area contributed by atoms with Crippen LogP contribution in [0.25, 0.3) is 0 Å². The van der Waals surface area contributed by atoms with Crippen LogP contribution in [0.3, 0.4) is 0 Å². The molecule has 0 heterocycles. The minimum atomic E-state index is -3.67. The molecule has 0 unspecified atom stereocenters. The summed E-state index contributed by atoms with van der Waals surface area (Å²) in [5.41, 5.74) is 0. The average Bonchev–Trinajstić information content (AvgIpc) is 0.722. The van der Waals surface area contributed by atoms with E-state index >= 15 is 0 Å². The summed E-state index contributed by atoms with van der Waals surface area (Å²) in [5.74, 6) is 0. The predicted molar refractivity (Wildman–Crippen MR) is 19.6 cm³/mol. The molecule has 0 spiro atoms. The SMILES string of the molecule is O[Si](O)(O)[SeH]. The fraction of sp³-hybridized carbons (Fsp3) is 0. The normalized spacial score (nSPS) is 12.0. The van der Waals surface area contributed by atoms with E-state index in [9.17, 15) is 0 Å². The summed E-state index contributed by atoms with van der Waals surface area (Å²) in [7, 11) is -3.67. The molecule has 0 rings (SSSR count). The van der Waals surface area contributed by atoms with Gasteiger partial charge in [-0.15, -0.1) is 0 Å². The van der Waals surface area contributed by atoms with Gasteiger partial charge in [0.15, 0.2) is 0 Å². The van der Waals surface area contributed by atoms with Crippen LogP contribution in [-0.4, -0.2) is 37.2 Å². The van der Waals surface area contributed by atoms with Gasteiger partial charge < -0.3 is 0 Å². The summed E-state index contributed by atoms with van der Waals surface area (Å²) in [6.45, 7) is 0. The van der Waals surface area contributed by atoms with Crippen molar-refractivity contribution in [1.82, 2.24) is 0 Å². The number of hydrogen-bond acceptors (Lipinski definition) is 3. The fourth-order valence-electron chi connectivity index (χ4n) is 0. The second-order valence-corrected chi connectivity index (χ2v) is 5.58. The van der Waals surface area contributed by atoms with Crippen LogP contribution in [0.5, 0.6) is 0 Å². The summed E-state index contributed by atoms with van der Waals surface area (Å²) in [6, 6.07) is 0. The molecule has 0 aliphatic carbocycles. The Kier molecular flexibility index (Phi) is 1.55. The van der Waals surface area contributed by atoms with Crippen LogP contribution < -0.4 is 0 Å². The third-order valence-electron chi connectivity index (χ3n) is 0. The van der Waals surface area contributed by atoms with E-state index in [1.165, 1.54) is 15.4 Å². The van der Waals surface area contributed by atoms with Gasteiger partial charge in [-0.3, -0.25) is 0 Å². The zero-order valence-corrected chi connectivity index (χ0v) is 5.17. The molecule has 0 aliphatic heterocycles. The molecule has 5 heavy (non-hydrogen) atoms. The van der Waals surface area contributed by atoms with Crippen LogP contribution in [0.4, 0.5) is 0 Å². The van der Waals surface area contributed by atoms with E-state index in [0.29, 0.717) is 0 Å². The van der Waals surface area contributed by atoms with E-state index in [4.69, 9.17) is 14.4 Å². The van der Waals surface area contributed by atoms with E-state index in [0.717, 1.165) is 0 Å². The van der Waals surface area contributed by atoms with Crippen molar-refractivity contribution in [3.8, 4) is 0 Å². The Labute approximate surface area is 37.9 Å². The molecular formula is H4O3SeSi. The Hall–Kier alpha value is 0.616. The molecule has 0 fully saturated rings. The molecule has 0 saturated carbocycles. The molecule has 0 saturated heterocycles. The third-order valence-corrected chi connectivity index (χ3v) is 0. The average molecular weight is 159 g/mol. The van der Waals surface area contributed by atoms with Gasteiger partial charge in [-0.05, 0) is 0 Å². The Morgan fingerprint density at radius 2 is 1.20 bits per heavy atom. The topological polar surface area (TPSA) is 60.7 Å². The van der Waals surface area contributed by atoms with E-state index in [1.54, 1.807) is 0 Å². The maximum absolute atomic E-state index is 7.74. The van der Waals surface area contributed by atoms with Crippen LogP contribution in [0.15, 0.2) is 0 Å². The van der Waals surface area contributed by atoms with Gasteiger partial charge in [-0.1, -0.05) is 0 Å². The van der Waals surface area contributed by atoms with Gasteiger partial charge in [0, 0.05) is 0 Å². The molecule has 3 N–H and O–H groups in total. The van der Waals surface area contributed by atoms with E-state index < -0.39 is 7.41 Å². The van der Waals surface area contributed by atoms with Crippen molar-refractivity contribution in [2.45, 2.75) is 0 Å². The van der Waals surface area contributed by atoms with Crippen molar-refractivity contribution in [3.05, 3.63) is 0 Å². The van der Waals surface area contributed by atoms with Crippen molar-refractivity contribution in [2.75, 3.05) is 0 Å². The van der Waals surface area contributed by atoms with Crippen molar-refractivity contribution >= 4 is 22.8 Å². The molecular weight excluding hydrogens is 155 g/mol. The zero-order valence-electron chi connectivity index (χ0n) is 2.29. The molecule has 0 amide bonds. The van der Waals surface area contributed by atoms with E-state index in [2.05, 4.69) is 0 Å². The van der Waals surface area contributed by atoms with Gasteiger partial charge >= 0.3 is 37.2 Å². The summed E-state index contributed by atoms with van der Waals surface area (Å²) in [6.07, 6.45) is 0. The first-order valence-electron chi connectivity index (χ1n) is 0.894. The standard InChI is InChI=1S/H4O3SeSi/c1-5(2,3)4/h1-4H. The van der Waals surface area contributed by atoms with Crippen molar-refractivity contribution in [1.29, 1.82) is 0 Å². The van der Waals surface area contributed by atoms with Gasteiger partial charge in [-0.25, -0.2) is 0 Å². The molecule has 0 atom stereocenters. The van der Waals surface area contributed by atoms with Crippen molar-refractivity contribution in [3.63, 3.8) is 0 Å².